The van der Waals surface area contributed by atoms with E-state index in [0.29, 0.717) is 12.2 Å². The first-order chi connectivity index (χ1) is 13.2. The van der Waals surface area contributed by atoms with Crippen molar-refractivity contribution in [2.75, 3.05) is 10.6 Å². The van der Waals surface area contributed by atoms with Gasteiger partial charge in [0.1, 0.15) is 0 Å². The summed E-state index contributed by atoms with van der Waals surface area (Å²) >= 11 is 0. The molecule has 0 bridgehead atoms. The molecule has 27 heavy (non-hydrogen) atoms. The summed E-state index contributed by atoms with van der Waals surface area (Å²) in [6.07, 6.45) is 3.48. The lowest BCUT2D eigenvalue weighted by molar-refractivity contribution is 0.262. The van der Waals surface area contributed by atoms with Crippen LogP contribution in [-0.4, -0.2) is 15.8 Å². The third kappa shape index (κ3) is 3.82. The Bertz CT molecular complexity index is 1090. The van der Waals surface area contributed by atoms with Crippen molar-refractivity contribution in [1.82, 2.24) is 9.78 Å². The molecule has 0 aliphatic rings. The van der Waals surface area contributed by atoms with Crippen LogP contribution in [0.1, 0.15) is 11.1 Å². The van der Waals surface area contributed by atoms with Crippen molar-refractivity contribution in [3.63, 3.8) is 0 Å². The van der Waals surface area contributed by atoms with Crippen molar-refractivity contribution < 1.29 is 4.79 Å². The quantitative estimate of drug-likeness (QED) is 0.538. The third-order valence-electron chi connectivity index (χ3n) is 4.52. The van der Waals surface area contributed by atoms with Gasteiger partial charge < -0.3 is 10.6 Å². The molecule has 0 spiro atoms. The van der Waals surface area contributed by atoms with E-state index in [-0.39, 0.29) is 6.03 Å². The van der Waals surface area contributed by atoms with Crippen molar-refractivity contribution in [1.29, 1.82) is 0 Å². The SMILES string of the molecule is Cc1ccccc1Cn1cc(NC(=O)Nc2cccc3ccccc23)cn1. The number of aryl methyl sites for hydroxylation is 1. The minimum Gasteiger partial charge on any atom is -0.307 e. The van der Waals surface area contributed by atoms with Crippen LogP contribution >= 0.6 is 0 Å². The molecule has 0 fully saturated rings. The summed E-state index contributed by atoms with van der Waals surface area (Å²) in [5, 5.41) is 12.2. The van der Waals surface area contributed by atoms with Crippen LogP contribution in [0.15, 0.2) is 79.1 Å². The van der Waals surface area contributed by atoms with E-state index >= 15 is 0 Å². The van der Waals surface area contributed by atoms with Crippen LogP contribution in [0.5, 0.6) is 0 Å². The van der Waals surface area contributed by atoms with Gasteiger partial charge in [-0.3, -0.25) is 4.68 Å². The Kier molecular flexibility index (Phi) is 4.58. The number of hydrogen-bond donors (Lipinski definition) is 2. The smallest absolute Gasteiger partial charge is 0.307 e. The van der Waals surface area contributed by atoms with Crippen LogP contribution in [0.3, 0.4) is 0 Å². The first-order valence-corrected chi connectivity index (χ1v) is 8.82. The normalized spacial score (nSPS) is 10.7. The average Bonchev–Trinajstić information content (AvgIpc) is 3.11. The van der Waals surface area contributed by atoms with E-state index in [0.717, 1.165) is 16.5 Å². The molecule has 0 radical (unpaired) electrons. The fourth-order valence-corrected chi connectivity index (χ4v) is 3.10. The minimum absolute atomic E-state index is 0.290. The standard InChI is InChI=1S/C22H20N4O/c1-16-7-2-3-9-18(16)14-26-15-19(13-23-26)24-22(27)25-21-12-6-10-17-8-4-5-11-20(17)21/h2-13,15H,14H2,1H3,(H2,24,25,27). The number of fused-ring (bicyclic) bond motifs is 1. The molecular formula is C22H20N4O. The van der Waals surface area contributed by atoms with Gasteiger partial charge in [-0.15, -0.1) is 0 Å². The Morgan fingerprint density at radius 1 is 0.963 bits per heavy atom. The number of carbonyl (C=O) groups is 1. The van der Waals surface area contributed by atoms with Crippen LogP contribution < -0.4 is 10.6 Å². The van der Waals surface area contributed by atoms with Crippen LogP contribution in [0.2, 0.25) is 0 Å². The predicted octanol–water partition coefficient (Wildman–Crippen LogP) is 5.04. The largest absolute Gasteiger partial charge is 0.323 e. The first-order valence-electron chi connectivity index (χ1n) is 8.82. The van der Waals surface area contributed by atoms with Gasteiger partial charge in [0.2, 0.25) is 0 Å². The highest BCUT2D eigenvalue weighted by Crippen LogP contribution is 2.23. The monoisotopic (exact) mass is 356 g/mol. The maximum absolute atomic E-state index is 12.4. The molecule has 0 saturated carbocycles. The Balaban J connectivity index is 1.44. The Morgan fingerprint density at radius 2 is 1.74 bits per heavy atom. The summed E-state index contributed by atoms with van der Waals surface area (Å²) in [6, 6.07) is 21.7. The van der Waals surface area contributed by atoms with Gasteiger partial charge in [-0.2, -0.15) is 5.10 Å². The number of hydrogen-bond acceptors (Lipinski definition) is 2. The number of rotatable bonds is 4. The zero-order chi connectivity index (χ0) is 18.6. The highest BCUT2D eigenvalue weighted by atomic mass is 16.2. The average molecular weight is 356 g/mol. The van der Waals surface area contributed by atoms with Gasteiger partial charge in [0.25, 0.3) is 0 Å². The van der Waals surface area contributed by atoms with Gasteiger partial charge in [-0.1, -0.05) is 60.7 Å². The summed E-state index contributed by atoms with van der Waals surface area (Å²) < 4.78 is 1.82. The number of benzene rings is 3. The highest BCUT2D eigenvalue weighted by Gasteiger charge is 2.08. The Labute approximate surface area is 157 Å². The maximum Gasteiger partial charge on any atom is 0.323 e. The molecule has 2 amide bonds. The third-order valence-corrected chi connectivity index (χ3v) is 4.52. The van der Waals surface area contributed by atoms with E-state index in [4.69, 9.17) is 0 Å². The van der Waals surface area contributed by atoms with Crippen molar-refractivity contribution in [3.8, 4) is 0 Å². The van der Waals surface area contributed by atoms with E-state index in [2.05, 4.69) is 34.8 Å². The Hall–Kier alpha value is -3.60. The van der Waals surface area contributed by atoms with Gasteiger partial charge in [-0.05, 0) is 29.5 Å². The molecule has 5 heteroatoms. The van der Waals surface area contributed by atoms with Crippen LogP contribution in [0.4, 0.5) is 16.2 Å². The zero-order valence-corrected chi connectivity index (χ0v) is 15.0. The van der Waals surface area contributed by atoms with Gasteiger partial charge in [-0.25, -0.2) is 4.79 Å². The van der Waals surface area contributed by atoms with Crippen molar-refractivity contribution >= 4 is 28.2 Å². The van der Waals surface area contributed by atoms with Gasteiger partial charge in [0, 0.05) is 11.6 Å². The molecule has 3 aromatic carbocycles. The second kappa shape index (κ2) is 7.33. The lowest BCUT2D eigenvalue weighted by Crippen LogP contribution is -2.19. The minimum atomic E-state index is -0.290. The molecule has 0 saturated heterocycles. The van der Waals surface area contributed by atoms with E-state index in [1.807, 2.05) is 65.5 Å². The number of aromatic nitrogens is 2. The molecule has 1 aromatic heterocycles. The van der Waals surface area contributed by atoms with Crippen LogP contribution in [0, 0.1) is 6.92 Å². The van der Waals surface area contributed by atoms with E-state index in [1.165, 1.54) is 11.1 Å². The summed E-state index contributed by atoms with van der Waals surface area (Å²) in [5.74, 6) is 0. The molecule has 4 rings (SSSR count). The van der Waals surface area contributed by atoms with Crippen molar-refractivity contribution in [3.05, 3.63) is 90.3 Å². The molecule has 4 aromatic rings. The molecule has 0 aliphatic carbocycles. The number of nitrogens with one attached hydrogen (secondary N) is 2. The molecule has 2 N–H and O–H groups in total. The van der Waals surface area contributed by atoms with E-state index in [1.54, 1.807) is 6.20 Å². The summed E-state index contributed by atoms with van der Waals surface area (Å²) in [5.41, 5.74) is 3.85. The predicted molar refractivity (Wildman–Crippen MR) is 109 cm³/mol. The van der Waals surface area contributed by atoms with Crippen molar-refractivity contribution in [2.24, 2.45) is 0 Å². The van der Waals surface area contributed by atoms with Gasteiger partial charge in [0.05, 0.1) is 24.1 Å². The first kappa shape index (κ1) is 16.8. The fourth-order valence-electron chi connectivity index (χ4n) is 3.10. The second-order valence-corrected chi connectivity index (χ2v) is 6.46. The zero-order valence-electron chi connectivity index (χ0n) is 15.0. The molecular weight excluding hydrogens is 336 g/mol. The fraction of sp³-hybridized carbons (Fsp3) is 0.0909. The number of anilines is 2. The van der Waals surface area contributed by atoms with Crippen LogP contribution in [0.25, 0.3) is 10.8 Å². The van der Waals surface area contributed by atoms with E-state index in [9.17, 15) is 4.79 Å². The number of carbonyl (C=O) groups excluding carboxylic acids is 1. The van der Waals surface area contributed by atoms with Gasteiger partial charge >= 0.3 is 6.03 Å². The van der Waals surface area contributed by atoms with Crippen molar-refractivity contribution in [2.45, 2.75) is 13.5 Å². The molecule has 0 aliphatic heterocycles. The second-order valence-electron chi connectivity index (χ2n) is 6.46. The summed E-state index contributed by atoms with van der Waals surface area (Å²) in [6.45, 7) is 2.74. The molecule has 0 atom stereocenters. The highest BCUT2D eigenvalue weighted by molar-refractivity contribution is 6.06. The maximum atomic E-state index is 12.4. The molecule has 134 valence electrons. The van der Waals surface area contributed by atoms with Crippen LogP contribution in [-0.2, 0) is 6.54 Å². The molecule has 0 unspecified atom stereocenters. The van der Waals surface area contributed by atoms with E-state index < -0.39 is 0 Å². The Morgan fingerprint density at radius 3 is 2.63 bits per heavy atom. The number of nitrogens with zero attached hydrogens (tertiary/aromatic N) is 2. The van der Waals surface area contributed by atoms with Gasteiger partial charge in [0.15, 0.2) is 0 Å². The molecule has 5 nitrogen and oxygen atoms in total. The molecule has 1 heterocycles. The summed E-state index contributed by atoms with van der Waals surface area (Å²) in [4.78, 5) is 12.4. The lowest BCUT2D eigenvalue weighted by Gasteiger charge is -2.09. The topological polar surface area (TPSA) is 59.0 Å². The number of amides is 2. The lowest BCUT2D eigenvalue weighted by atomic mass is 10.1. The number of urea groups is 1. The summed E-state index contributed by atoms with van der Waals surface area (Å²) in [7, 11) is 0.